The van der Waals surface area contributed by atoms with E-state index in [4.69, 9.17) is 0 Å². The zero-order chi connectivity index (χ0) is 12.0. The number of hydrogen-bond acceptors (Lipinski definition) is 1. The summed E-state index contributed by atoms with van der Waals surface area (Å²) in [6.07, 6.45) is -3.07. The molecule has 88 valence electrons. The highest BCUT2D eigenvalue weighted by atomic mass is 19.4. The van der Waals surface area contributed by atoms with Crippen LogP contribution in [0.2, 0.25) is 0 Å². The first-order valence-electron chi connectivity index (χ1n) is 4.95. The van der Waals surface area contributed by atoms with Gasteiger partial charge >= 0.3 is 6.18 Å². The smallest absolute Gasteiger partial charge is 0.310 e. The summed E-state index contributed by atoms with van der Waals surface area (Å²) < 4.78 is 50.5. The molecule has 0 aromatic heterocycles. The lowest BCUT2D eigenvalue weighted by Gasteiger charge is -2.17. The molecule has 0 amide bonds. The largest absolute Gasteiger partial charge is 0.419 e. The van der Waals surface area contributed by atoms with Crippen LogP contribution < -0.4 is 5.32 Å². The van der Waals surface area contributed by atoms with Crippen LogP contribution in [0, 0.1) is 5.82 Å². The fourth-order valence-electron chi connectivity index (χ4n) is 1.85. The molecule has 1 saturated carbocycles. The van der Waals surface area contributed by atoms with Crippen LogP contribution in [-0.2, 0) is 11.7 Å². The highest BCUT2D eigenvalue weighted by Crippen LogP contribution is 2.46. The molecular weight excluding hydrogens is 222 g/mol. The zero-order valence-corrected chi connectivity index (χ0v) is 8.66. The van der Waals surface area contributed by atoms with Crippen LogP contribution >= 0.6 is 0 Å². The van der Waals surface area contributed by atoms with E-state index in [9.17, 15) is 17.6 Å². The molecule has 0 unspecified atom stereocenters. The maximum atomic E-state index is 13.0. The molecule has 1 aromatic carbocycles. The predicted molar refractivity (Wildman–Crippen MR) is 51.4 cm³/mol. The summed E-state index contributed by atoms with van der Waals surface area (Å²) in [6, 6.07) is 3.20. The first-order valence-corrected chi connectivity index (χ1v) is 4.95. The van der Waals surface area contributed by atoms with Gasteiger partial charge < -0.3 is 5.32 Å². The molecule has 0 heterocycles. The SMILES string of the molecule is CNC1(c2ccc(F)c(C(F)(F)F)c2)CC1. The molecule has 1 N–H and O–H groups in total. The second kappa shape index (κ2) is 3.45. The maximum Gasteiger partial charge on any atom is 0.419 e. The number of rotatable bonds is 2. The summed E-state index contributed by atoms with van der Waals surface area (Å²) in [5.74, 6) is -1.22. The number of halogens is 4. The third-order valence-electron chi connectivity index (χ3n) is 3.05. The molecular formula is C11H11F4N. The normalized spacial score (nSPS) is 18.6. The maximum absolute atomic E-state index is 13.0. The summed E-state index contributed by atoms with van der Waals surface area (Å²) in [6.45, 7) is 0. The highest BCUT2D eigenvalue weighted by Gasteiger charge is 2.44. The highest BCUT2D eigenvalue weighted by molar-refractivity contribution is 5.35. The van der Waals surface area contributed by atoms with E-state index in [2.05, 4.69) is 5.32 Å². The van der Waals surface area contributed by atoms with Crippen LogP contribution in [0.4, 0.5) is 17.6 Å². The summed E-state index contributed by atoms with van der Waals surface area (Å²) in [7, 11) is 1.70. The molecule has 5 heteroatoms. The van der Waals surface area contributed by atoms with Crippen molar-refractivity contribution in [3.8, 4) is 0 Å². The van der Waals surface area contributed by atoms with Gasteiger partial charge in [0.05, 0.1) is 5.56 Å². The van der Waals surface area contributed by atoms with Crippen molar-refractivity contribution in [2.24, 2.45) is 0 Å². The average molecular weight is 233 g/mol. The quantitative estimate of drug-likeness (QED) is 0.774. The summed E-state index contributed by atoms with van der Waals surface area (Å²) in [5.41, 5.74) is -1.07. The Kier molecular flexibility index (Phi) is 2.45. The Morgan fingerprint density at radius 3 is 2.31 bits per heavy atom. The minimum absolute atomic E-state index is 0.381. The van der Waals surface area contributed by atoms with Gasteiger partial charge in [-0.3, -0.25) is 0 Å². The van der Waals surface area contributed by atoms with Gasteiger partial charge in [0, 0.05) is 5.54 Å². The molecule has 0 atom stereocenters. The number of hydrogen-bond donors (Lipinski definition) is 1. The van der Waals surface area contributed by atoms with Crippen LogP contribution in [0.25, 0.3) is 0 Å². The lowest BCUT2D eigenvalue weighted by Crippen LogP contribution is -2.25. The zero-order valence-electron chi connectivity index (χ0n) is 8.66. The van der Waals surface area contributed by atoms with E-state index >= 15 is 0 Å². The van der Waals surface area contributed by atoms with Crippen LogP contribution in [0.15, 0.2) is 18.2 Å². The number of alkyl halides is 3. The molecule has 1 aliphatic carbocycles. The van der Waals surface area contributed by atoms with E-state index in [1.165, 1.54) is 6.07 Å². The molecule has 0 bridgehead atoms. The molecule has 2 rings (SSSR count). The minimum Gasteiger partial charge on any atom is -0.310 e. The topological polar surface area (TPSA) is 12.0 Å². The van der Waals surface area contributed by atoms with Crippen molar-refractivity contribution in [2.45, 2.75) is 24.6 Å². The third kappa shape index (κ3) is 1.80. The summed E-state index contributed by atoms with van der Waals surface area (Å²) in [5, 5.41) is 2.98. The van der Waals surface area contributed by atoms with Gasteiger partial charge in [0.25, 0.3) is 0 Å². The summed E-state index contributed by atoms with van der Waals surface area (Å²) >= 11 is 0. The Morgan fingerprint density at radius 1 is 1.25 bits per heavy atom. The fourth-order valence-corrected chi connectivity index (χ4v) is 1.85. The van der Waals surface area contributed by atoms with E-state index in [-0.39, 0.29) is 5.54 Å². The van der Waals surface area contributed by atoms with Gasteiger partial charge in [0.15, 0.2) is 0 Å². The van der Waals surface area contributed by atoms with E-state index in [1.807, 2.05) is 0 Å². The van der Waals surface area contributed by atoms with E-state index in [0.717, 1.165) is 25.0 Å². The molecule has 16 heavy (non-hydrogen) atoms. The van der Waals surface area contributed by atoms with Crippen molar-refractivity contribution >= 4 is 0 Å². The van der Waals surface area contributed by atoms with Gasteiger partial charge in [-0.25, -0.2) is 4.39 Å². The van der Waals surface area contributed by atoms with Crippen LogP contribution in [0.5, 0.6) is 0 Å². The molecule has 1 fully saturated rings. The van der Waals surface area contributed by atoms with Gasteiger partial charge in [0.2, 0.25) is 0 Å². The van der Waals surface area contributed by atoms with Gasteiger partial charge in [-0.1, -0.05) is 6.07 Å². The fraction of sp³-hybridized carbons (Fsp3) is 0.455. The van der Waals surface area contributed by atoms with Crippen molar-refractivity contribution in [2.75, 3.05) is 7.05 Å². The van der Waals surface area contributed by atoms with E-state index in [1.54, 1.807) is 7.05 Å². The molecule has 1 aromatic rings. The van der Waals surface area contributed by atoms with Gasteiger partial charge in [0.1, 0.15) is 5.82 Å². The molecule has 0 saturated heterocycles. The molecule has 1 nitrogen and oxygen atoms in total. The lowest BCUT2D eigenvalue weighted by atomic mass is 10.0. The Morgan fingerprint density at radius 2 is 1.88 bits per heavy atom. The molecule has 1 aliphatic rings. The van der Waals surface area contributed by atoms with Crippen LogP contribution in [0.1, 0.15) is 24.0 Å². The van der Waals surface area contributed by atoms with E-state index < -0.39 is 17.6 Å². The van der Waals surface area contributed by atoms with Gasteiger partial charge in [-0.15, -0.1) is 0 Å². The van der Waals surface area contributed by atoms with Crippen molar-refractivity contribution in [3.05, 3.63) is 35.1 Å². The first kappa shape index (κ1) is 11.4. The Balaban J connectivity index is 2.44. The second-order valence-corrected chi connectivity index (χ2v) is 4.02. The van der Waals surface area contributed by atoms with Crippen LogP contribution in [0.3, 0.4) is 0 Å². The van der Waals surface area contributed by atoms with Gasteiger partial charge in [-0.05, 0) is 37.6 Å². The minimum atomic E-state index is -4.64. The van der Waals surface area contributed by atoms with Crippen molar-refractivity contribution in [3.63, 3.8) is 0 Å². The first-order chi connectivity index (χ1) is 7.39. The van der Waals surface area contributed by atoms with Crippen LogP contribution in [-0.4, -0.2) is 7.05 Å². The summed E-state index contributed by atoms with van der Waals surface area (Å²) in [4.78, 5) is 0. The standard InChI is InChI=1S/C11H11F4N/c1-16-10(4-5-10)7-2-3-9(12)8(6-7)11(13,14)15/h2-3,6,16H,4-5H2,1H3. The average Bonchev–Trinajstić information content (AvgIpc) is 2.97. The Bertz CT molecular complexity index is 407. The second-order valence-electron chi connectivity index (χ2n) is 4.02. The number of nitrogens with one attached hydrogen (secondary N) is 1. The molecule has 0 aliphatic heterocycles. The Labute approximate surface area is 90.5 Å². The van der Waals surface area contributed by atoms with Gasteiger partial charge in [-0.2, -0.15) is 13.2 Å². The third-order valence-corrected chi connectivity index (χ3v) is 3.05. The van der Waals surface area contributed by atoms with Crippen molar-refractivity contribution in [1.82, 2.24) is 5.32 Å². The van der Waals surface area contributed by atoms with E-state index in [0.29, 0.717) is 5.56 Å². The lowest BCUT2D eigenvalue weighted by molar-refractivity contribution is -0.140. The predicted octanol–water partition coefficient (Wildman–Crippen LogP) is 3.05. The Hall–Kier alpha value is -1.10. The van der Waals surface area contributed by atoms with Crippen molar-refractivity contribution in [1.29, 1.82) is 0 Å². The monoisotopic (exact) mass is 233 g/mol. The molecule has 0 radical (unpaired) electrons. The molecule has 0 spiro atoms. The van der Waals surface area contributed by atoms with Crippen molar-refractivity contribution < 1.29 is 17.6 Å². The number of benzene rings is 1.